The number of nitrogens with one attached hydrogen (secondary N) is 1. The quantitative estimate of drug-likeness (QED) is 0.544. The van der Waals surface area contributed by atoms with Crippen molar-refractivity contribution in [3.8, 4) is 5.75 Å². The first-order valence-electron chi connectivity index (χ1n) is 8.09. The van der Waals surface area contributed by atoms with E-state index >= 15 is 0 Å². The number of anilines is 1. The average molecular weight is 365 g/mol. The number of amides is 1. The first kappa shape index (κ1) is 16.4. The SMILES string of the molecule is C[C@@H](Oc1ccccc1)C(=O)Nc1scc2c1c(=O)oc1ccccc12. The van der Waals surface area contributed by atoms with Crippen LogP contribution in [0.2, 0.25) is 0 Å². The molecule has 2 aromatic heterocycles. The van der Waals surface area contributed by atoms with Gasteiger partial charge in [0.05, 0.1) is 0 Å². The number of benzene rings is 2. The second-order valence-corrected chi connectivity index (χ2v) is 6.68. The molecule has 0 aliphatic heterocycles. The lowest BCUT2D eigenvalue weighted by Gasteiger charge is -2.14. The Bertz CT molecular complexity index is 1150. The second kappa shape index (κ2) is 6.65. The van der Waals surface area contributed by atoms with Crippen molar-refractivity contribution in [2.75, 3.05) is 5.32 Å². The normalized spacial score (nSPS) is 12.2. The van der Waals surface area contributed by atoms with E-state index < -0.39 is 11.7 Å². The highest BCUT2D eigenvalue weighted by Crippen LogP contribution is 2.33. The van der Waals surface area contributed by atoms with Crippen molar-refractivity contribution in [2.45, 2.75) is 13.0 Å². The molecule has 1 amide bonds. The van der Waals surface area contributed by atoms with Crippen LogP contribution < -0.4 is 15.7 Å². The number of carbonyl (C=O) groups excluding carboxylic acids is 1. The molecule has 0 aliphatic carbocycles. The van der Waals surface area contributed by atoms with Gasteiger partial charge in [-0.3, -0.25) is 4.79 Å². The van der Waals surface area contributed by atoms with Crippen LogP contribution in [0.15, 0.2) is 69.2 Å². The van der Waals surface area contributed by atoms with E-state index in [0.29, 0.717) is 21.7 Å². The molecule has 1 atom stereocenters. The third-order valence-corrected chi connectivity index (χ3v) is 4.93. The fourth-order valence-corrected chi connectivity index (χ4v) is 3.70. The zero-order valence-corrected chi connectivity index (χ0v) is 14.7. The Morgan fingerprint density at radius 3 is 2.62 bits per heavy atom. The van der Waals surface area contributed by atoms with E-state index in [1.807, 2.05) is 41.8 Å². The molecular weight excluding hydrogens is 350 g/mol. The molecule has 4 rings (SSSR count). The lowest BCUT2D eigenvalue weighted by Crippen LogP contribution is -2.30. The summed E-state index contributed by atoms with van der Waals surface area (Å²) in [6.45, 7) is 1.66. The van der Waals surface area contributed by atoms with Gasteiger partial charge in [-0.15, -0.1) is 11.3 Å². The highest BCUT2D eigenvalue weighted by molar-refractivity contribution is 7.16. The third-order valence-electron chi connectivity index (χ3n) is 4.04. The van der Waals surface area contributed by atoms with Crippen LogP contribution in [0.25, 0.3) is 21.7 Å². The zero-order chi connectivity index (χ0) is 18.1. The van der Waals surface area contributed by atoms with Crippen molar-refractivity contribution in [1.29, 1.82) is 0 Å². The molecule has 0 bridgehead atoms. The average Bonchev–Trinajstić information content (AvgIpc) is 3.07. The van der Waals surface area contributed by atoms with Gasteiger partial charge in [-0.1, -0.05) is 36.4 Å². The molecule has 26 heavy (non-hydrogen) atoms. The molecule has 2 aromatic carbocycles. The fourth-order valence-electron chi connectivity index (χ4n) is 2.75. The van der Waals surface area contributed by atoms with Gasteiger partial charge < -0.3 is 14.5 Å². The summed E-state index contributed by atoms with van der Waals surface area (Å²) >= 11 is 1.30. The molecule has 2 heterocycles. The maximum atomic E-state index is 12.5. The maximum absolute atomic E-state index is 12.5. The van der Waals surface area contributed by atoms with Gasteiger partial charge in [0.2, 0.25) is 0 Å². The number of thiophene rings is 1. The van der Waals surface area contributed by atoms with Crippen LogP contribution in [0, 0.1) is 0 Å². The molecule has 0 spiro atoms. The van der Waals surface area contributed by atoms with E-state index in [1.165, 1.54) is 11.3 Å². The topological polar surface area (TPSA) is 68.5 Å². The number of rotatable bonds is 4. The Balaban J connectivity index is 1.64. The van der Waals surface area contributed by atoms with Crippen molar-refractivity contribution < 1.29 is 13.9 Å². The van der Waals surface area contributed by atoms with Crippen molar-refractivity contribution >= 4 is 44.0 Å². The molecule has 4 aromatic rings. The van der Waals surface area contributed by atoms with Gasteiger partial charge >= 0.3 is 5.63 Å². The molecule has 0 saturated carbocycles. The summed E-state index contributed by atoms with van der Waals surface area (Å²) in [5.41, 5.74) is 0.0633. The van der Waals surface area contributed by atoms with Crippen LogP contribution >= 0.6 is 11.3 Å². The minimum atomic E-state index is -0.706. The van der Waals surface area contributed by atoms with Crippen LogP contribution in [0.4, 0.5) is 5.00 Å². The molecule has 5 nitrogen and oxygen atoms in total. The molecule has 6 heteroatoms. The van der Waals surface area contributed by atoms with Gasteiger partial charge in [-0.2, -0.15) is 0 Å². The van der Waals surface area contributed by atoms with Gasteiger partial charge in [0, 0.05) is 16.2 Å². The van der Waals surface area contributed by atoms with E-state index in [4.69, 9.17) is 9.15 Å². The Morgan fingerprint density at radius 1 is 1.08 bits per heavy atom. The predicted octanol–water partition coefficient (Wildman–Crippen LogP) is 4.41. The van der Waals surface area contributed by atoms with Gasteiger partial charge in [0.25, 0.3) is 5.91 Å². The fraction of sp³-hybridized carbons (Fsp3) is 0.100. The van der Waals surface area contributed by atoms with E-state index in [1.54, 1.807) is 25.1 Å². The van der Waals surface area contributed by atoms with Crippen molar-refractivity contribution in [3.63, 3.8) is 0 Å². The summed E-state index contributed by atoms with van der Waals surface area (Å²) in [7, 11) is 0. The minimum Gasteiger partial charge on any atom is -0.481 e. The van der Waals surface area contributed by atoms with Crippen LogP contribution in [0.3, 0.4) is 0 Å². The standard InChI is InChI=1S/C20H15NO4S/c1-12(24-13-7-3-2-4-8-13)18(22)21-19-17-15(11-26-19)14-9-5-6-10-16(14)25-20(17)23/h2-12H,1H3,(H,21,22)/t12-/m1/s1. The molecule has 0 fully saturated rings. The Hall–Kier alpha value is -3.12. The van der Waals surface area contributed by atoms with E-state index in [9.17, 15) is 9.59 Å². The molecule has 0 radical (unpaired) electrons. The Morgan fingerprint density at radius 2 is 1.81 bits per heavy atom. The number of para-hydroxylation sites is 2. The molecule has 1 N–H and O–H groups in total. The molecular formula is C20H15NO4S. The summed E-state index contributed by atoms with van der Waals surface area (Å²) in [4.78, 5) is 24.8. The smallest absolute Gasteiger partial charge is 0.347 e. The van der Waals surface area contributed by atoms with E-state index in [-0.39, 0.29) is 5.91 Å². The molecule has 0 saturated heterocycles. The van der Waals surface area contributed by atoms with Gasteiger partial charge in [0.1, 0.15) is 21.7 Å². The minimum absolute atomic E-state index is 0.329. The zero-order valence-electron chi connectivity index (χ0n) is 13.9. The second-order valence-electron chi connectivity index (χ2n) is 5.80. The lowest BCUT2D eigenvalue weighted by molar-refractivity contribution is -0.122. The van der Waals surface area contributed by atoms with Crippen LogP contribution in [0.1, 0.15) is 6.92 Å². The van der Waals surface area contributed by atoms with Crippen molar-refractivity contribution in [1.82, 2.24) is 0 Å². The number of fused-ring (bicyclic) bond motifs is 3. The van der Waals surface area contributed by atoms with Crippen LogP contribution in [-0.4, -0.2) is 12.0 Å². The van der Waals surface area contributed by atoms with E-state index in [0.717, 1.165) is 10.8 Å². The molecule has 0 unspecified atom stereocenters. The van der Waals surface area contributed by atoms with Crippen LogP contribution in [-0.2, 0) is 4.79 Å². The Labute approximate surface area is 152 Å². The largest absolute Gasteiger partial charge is 0.481 e. The summed E-state index contributed by atoms with van der Waals surface area (Å²) in [6.07, 6.45) is -0.706. The third kappa shape index (κ3) is 2.95. The van der Waals surface area contributed by atoms with E-state index in [2.05, 4.69) is 5.32 Å². The van der Waals surface area contributed by atoms with Gasteiger partial charge in [-0.25, -0.2) is 4.79 Å². The number of carbonyl (C=O) groups is 1. The molecule has 130 valence electrons. The lowest BCUT2D eigenvalue weighted by atomic mass is 10.1. The highest BCUT2D eigenvalue weighted by atomic mass is 32.1. The van der Waals surface area contributed by atoms with Crippen LogP contribution in [0.5, 0.6) is 5.75 Å². The Kier molecular flexibility index (Phi) is 4.18. The summed E-state index contributed by atoms with van der Waals surface area (Å²) < 4.78 is 11.0. The summed E-state index contributed by atoms with van der Waals surface area (Å²) in [6, 6.07) is 16.4. The van der Waals surface area contributed by atoms with Gasteiger partial charge in [0.15, 0.2) is 6.10 Å². The number of ether oxygens (including phenoxy) is 1. The first-order valence-corrected chi connectivity index (χ1v) is 8.97. The molecule has 0 aliphatic rings. The highest BCUT2D eigenvalue weighted by Gasteiger charge is 2.19. The summed E-state index contributed by atoms with van der Waals surface area (Å²) in [5.74, 6) is 0.279. The predicted molar refractivity (Wildman–Crippen MR) is 103 cm³/mol. The first-order chi connectivity index (χ1) is 12.6. The number of hydrogen-bond donors (Lipinski definition) is 1. The number of hydrogen-bond acceptors (Lipinski definition) is 5. The monoisotopic (exact) mass is 365 g/mol. The summed E-state index contributed by atoms with van der Waals surface area (Å²) in [5, 5.41) is 7.10. The van der Waals surface area contributed by atoms with Crippen molar-refractivity contribution in [2.24, 2.45) is 0 Å². The maximum Gasteiger partial charge on any atom is 0.347 e. The van der Waals surface area contributed by atoms with Gasteiger partial charge in [-0.05, 0) is 25.1 Å². The van der Waals surface area contributed by atoms with Crippen molar-refractivity contribution in [3.05, 3.63) is 70.4 Å².